The number of nitrogens with zero attached hydrogens (tertiary/aromatic N) is 4. The zero-order valence-corrected chi connectivity index (χ0v) is 11.9. The Bertz CT molecular complexity index is 578. The maximum absolute atomic E-state index is 5.45. The molecule has 1 aliphatic heterocycles. The Morgan fingerprint density at radius 1 is 1.20 bits per heavy atom. The van der Waals surface area contributed by atoms with Gasteiger partial charge < -0.3 is 9.64 Å². The molecule has 0 N–H and O–H groups in total. The van der Waals surface area contributed by atoms with Gasteiger partial charge in [-0.25, -0.2) is 9.67 Å². The third kappa shape index (κ3) is 3.02. The summed E-state index contributed by atoms with van der Waals surface area (Å²) in [6.45, 7) is 3.76. The van der Waals surface area contributed by atoms with Crippen molar-refractivity contribution in [3.8, 4) is 0 Å². The van der Waals surface area contributed by atoms with Crippen LogP contribution in [0.5, 0.6) is 0 Å². The van der Waals surface area contributed by atoms with Gasteiger partial charge >= 0.3 is 0 Å². The fraction of sp³-hybridized carbons (Fsp3) is 0.357. The van der Waals surface area contributed by atoms with E-state index >= 15 is 0 Å². The van der Waals surface area contributed by atoms with Crippen molar-refractivity contribution in [3.05, 3.63) is 48.0 Å². The van der Waals surface area contributed by atoms with Crippen molar-refractivity contribution in [2.75, 3.05) is 26.3 Å². The van der Waals surface area contributed by atoms with Gasteiger partial charge in [0.2, 0.25) is 5.82 Å². The van der Waals surface area contributed by atoms with Gasteiger partial charge in [-0.1, -0.05) is 42.5 Å². The summed E-state index contributed by atoms with van der Waals surface area (Å²) < 4.78 is 7.14. The van der Waals surface area contributed by atoms with E-state index in [0.717, 1.165) is 13.1 Å². The Hall–Kier alpha value is -1.79. The van der Waals surface area contributed by atoms with Gasteiger partial charge in [0.25, 0.3) is 0 Å². The molecule has 0 unspecified atom stereocenters. The maximum Gasteiger partial charge on any atom is 0.208 e. The SMILES string of the molecule is S=C(c1ncn(Cc2ccccc2)n1)N1CCOCC1. The monoisotopic (exact) mass is 288 g/mol. The van der Waals surface area contributed by atoms with Gasteiger partial charge in [0.1, 0.15) is 11.3 Å². The highest BCUT2D eigenvalue weighted by molar-refractivity contribution is 7.80. The molecule has 3 rings (SSSR count). The summed E-state index contributed by atoms with van der Waals surface area (Å²) in [5, 5.41) is 4.46. The van der Waals surface area contributed by atoms with Crippen LogP contribution >= 0.6 is 12.2 Å². The molecule has 1 fully saturated rings. The summed E-state index contributed by atoms with van der Waals surface area (Å²) in [6, 6.07) is 10.2. The van der Waals surface area contributed by atoms with Crippen LogP contribution in [0.1, 0.15) is 11.4 Å². The highest BCUT2D eigenvalue weighted by Gasteiger charge is 2.18. The second kappa shape index (κ2) is 6.11. The molecule has 2 heterocycles. The number of aromatic nitrogens is 3. The van der Waals surface area contributed by atoms with Crippen molar-refractivity contribution in [3.63, 3.8) is 0 Å². The Labute approximate surface area is 123 Å². The van der Waals surface area contributed by atoms with E-state index in [4.69, 9.17) is 17.0 Å². The summed E-state index contributed by atoms with van der Waals surface area (Å²) in [4.78, 5) is 7.12. The minimum atomic E-state index is 0.623. The normalized spacial score (nSPS) is 15.3. The summed E-state index contributed by atoms with van der Waals surface area (Å²) >= 11 is 5.45. The number of hydrogen-bond donors (Lipinski definition) is 0. The number of thiocarbonyl (C=S) groups is 1. The lowest BCUT2D eigenvalue weighted by Crippen LogP contribution is -2.40. The minimum Gasteiger partial charge on any atom is -0.378 e. The lowest BCUT2D eigenvalue weighted by molar-refractivity contribution is 0.0691. The number of ether oxygens (including phenoxy) is 1. The molecule has 20 heavy (non-hydrogen) atoms. The molecule has 5 nitrogen and oxygen atoms in total. The lowest BCUT2D eigenvalue weighted by atomic mass is 10.2. The van der Waals surface area contributed by atoms with Crippen molar-refractivity contribution in [1.82, 2.24) is 19.7 Å². The van der Waals surface area contributed by atoms with Crippen LogP contribution in [0.15, 0.2) is 36.7 Å². The molecule has 0 spiro atoms. The smallest absolute Gasteiger partial charge is 0.208 e. The Morgan fingerprint density at radius 3 is 2.70 bits per heavy atom. The first-order valence-electron chi connectivity index (χ1n) is 6.63. The fourth-order valence-corrected chi connectivity index (χ4v) is 2.42. The molecular formula is C14H16N4OS. The van der Waals surface area contributed by atoms with Crippen LogP contribution in [-0.4, -0.2) is 51.0 Å². The van der Waals surface area contributed by atoms with Gasteiger partial charge in [-0.05, 0) is 5.56 Å². The van der Waals surface area contributed by atoms with Gasteiger partial charge in [-0.2, -0.15) is 0 Å². The zero-order chi connectivity index (χ0) is 13.8. The predicted octanol–water partition coefficient (Wildman–Crippen LogP) is 1.33. The van der Waals surface area contributed by atoms with Crippen LogP contribution in [0.25, 0.3) is 0 Å². The van der Waals surface area contributed by atoms with Crippen molar-refractivity contribution < 1.29 is 4.74 Å². The van der Waals surface area contributed by atoms with E-state index in [1.54, 1.807) is 6.33 Å². The molecule has 0 atom stereocenters. The molecule has 6 heteroatoms. The Balaban J connectivity index is 1.68. The molecule has 0 aliphatic carbocycles. The van der Waals surface area contributed by atoms with Crippen molar-refractivity contribution in [2.24, 2.45) is 0 Å². The van der Waals surface area contributed by atoms with Crippen LogP contribution in [0.4, 0.5) is 0 Å². The molecule has 104 valence electrons. The molecule has 1 aliphatic rings. The van der Waals surface area contributed by atoms with E-state index in [-0.39, 0.29) is 0 Å². The average Bonchev–Trinajstić information content (AvgIpc) is 2.97. The van der Waals surface area contributed by atoms with Crippen molar-refractivity contribution in [1.29, 1.82) is 0 Å². The van der Waals surface area contributed by atoms with Gasteiger partial charge in [0.05, 0.1) is 19.8 Å². The minimum absolute atomic E-state index is 0.623. The molecular weight excluding hydrogens is 272 g/mol. The van der Waals surface area contributed by atoms with Crippen LogP contribution in [0.3, 0.4) is 0 Å². The van der Waals surface area contributed by atoms with E-state index in [1.165, 1.54) is 5.56 Å². The van der Waals surface area contributed by atoms with Crippen LogP contribution in [0, 0.1) is 0 Å². The molecule has 1 aromatic heterocycles. The van der Waals surface area contributed by atoms with E-state index < -0.39 is 0 Å². The third-order valence-corrected chi connectivity index (χ3v) is 3.65. The number of morpholine rings is 1. The first kappa shape index (κ1) is 13.2. The second-order valence-electron chi connectivity index (χ2n) is 4.66. The van der Waals surface area contributed by atoms with Gasteiger partial charge in [0.15, 0.2) is 0 Å². The number of rotatable bonds is 3. The molecule has 1 aromatic carbocycles. The summed E-state index contributed by atoms with van der Waals surface area (Å²) in [7, 11) is 0. The largest absolute Gasteiger partial charge is 0.378 e. The summed E-state index contributed by atoms with van der Waals surface area (Å²) in [5.41, 5.74) is 1.20. The van der Waals surface area contributed by atoms with E-state index in [9.17, 15) is 0 Å². The van der Waals surface area contributed by atoms with Crippen LogP contribution in [0.2, 0.25) is 0 Å². The molecule has 1 saturated heterocycles. The van der Waals surface area contributed by atoms with Crippen molar-refractivity contribution >= 4 is 17.2 Å². The Morgan fingerprint density at radius 2 is 1.95 bits per heavy atom. The molecule has 0 bridgehead atoms. The van der Waals surface area contributed by atoms with E-state index in [2.05, 4.69) is 27.1 Å². The average molecular weight is 288 g/mol. The van der Waals surface area contributed by atoms with Gasteiger partial charge in [-0.15, -0.1) is 5.10 Å². The fourth-order valence-electron chi connectivity index (χ4n) is 2.15. The van der Waals surface area contributed by atoms with E-state index in [0.29, 0.717) is 30.6 Å². The highest BCUT2D eigenvalue weighted by Crippen LogP contribution is 2.06. The lowest BCUT2D eigenvalue weighted by Gasteiger charge is -2.27. The first-order valence-corrected chi connectivity index (χ1v) is 7.04. The molecule has 0 saturated carbocycles. The standard InChI is InChI=1S/C14H16N4OS/c20-14(17-6-8-19-9-7-17)13-15-11-18(16-13)10-12-4-2-1-3-5-12/h1-5,11H,6-10H2. The quantitative estimate of drug-likeness (QED) is 0.797. The highest BCUT2D eigenvalue weighted by atomic mass is 32.1. The van der Waals surface area contributed by atoms with Crippen molar-refractivity contribution in [2.45, 2.75) is 6.54 Å². The third-order valence-electron chi connectivity index (χ3n) is 3.21. The summed E-state index contributed by atoms with van der Waals surface area (Å²) in [6.07, 6.45) is 1.73. The molecule has 0 amide bonds. The first-order chi connectivity index (χ1) is 9.83. The summed E-state index contributed by atoms with van der Waals surface area (Å²) in [5.74, 6) is 0.623. The van der Waals surface area contributed by atoms with Gasteiger partial charge in [0, 0.05) is 13.1 Å². The zero-order valence-electron chi connectivity index (χ0n) is 11.1. The van der Waals surface area contributed by atoms with Crippen LogP contribution in [-0.2, 0) is 11.3 Å². The second-order valence-corrected chi connectivity index (χ2v) is 5.04. The van der Waals surface area contributed by atoms with E-state index in [1.807, 2.05) is 22.9 Å². The molecule has 0 radical (unpaired) electrons. The maximum atomic E-state index is 5.45. The van der Waals surface area contributed by atoms with Crippen LogP contribution < -0.4 is 0 Å². The molecule has 2 aromatic rings. The number of benzene rings is 1. The predicted molar refractivity (Wildman–Crippen MR) is 79.7 cm³/mol. The Kier molecular flexibility index (Phi) is 4.03. The van der Waals surface area contributed by atoms with Gasteiger partial charge in [-0.3, -0.25) is 0 Å². The topological polar surface area (TPSA) is 43.2 Å². The number of hydrogen-bond acceptors (Lipinski definition) is 4.